The lowest BCUT2D eigenvalue weighted by Gasteiger charge is -2.55. The molecular formula is C53H53BN2S. The van der Waals surface area contributed by atoms with Crippen molar-refractivity contribution in [2.24, 2.45) is 0 Å². The van der Waals surface area contributed by atoms with E-state index in [1.54, 1.807) is 5.56 Å². The summed E-state index contributed by atoms with van der Waals surface area (Å²) in [5, 5.41) is 2.70. The van der Waals surface area contributed by atoms with Crippen LogP contribution in [0.1, 0.15) is 103 Å². The quantitative estimate of drug-likeness (QED) is 0.162. The summed E-state index contributed by atoms with van der Waals surface area (Å²) < 4.78 is 2.73. The van der Waals surface area contributed by atoms with Crippen LogP contribution in [0.2, 0.25) is 0 Å². The second kappa shape index (κ2) is 11.7. The van der Waals surface area contributed by atoms with Crippen LogP contribution in [0.3, 0.4) is 0 Å². The Balaban J connectivity index is 1.31. The predicted octanol–water partition coefficient (Wildman–Crippen LogP) is 13.6. The highest BCUT2D eigenvalue weighted by molar-refractivity contribution is 7.26. The molecule has 0 spiro atoms. The summed E-state index contributed by atoms with van der Waals surface area (Å²) in [6, 6.07) is 42.7. The van der Waals surface area contributed by atoms with Gasteiger partial charge in [0, 0.05) is 48.9 Å². The van der Waals surface area contributed by atoms with E-state index in [1.807, 2.05) is 11.3 Å². The summed E-state index contributed by atoms with van der Waals surface area (Å²) >= 11 is 1.97. The Morgan fingerprint density at radius 1 is 0.632 bits per heavy atom. The summed E-state index contributed by atoms with van der Waals surface area (Å²) in [6.07, 6.45) is 4.99. The van der Waals surface area contributed by atoms with E-state index < -0.39 is 0 Å². The van der Waals surface area contributed by atoms with Crippen molar-refractivity contribution in [3.63, 3.8) is 0 Å². The third-order valence-electron chi connectivity index (χ3n) is 14.7. The van der Waals surface area contributed by atoms with Crippen LogP contribution in [-0.4, -0.2) is 12.4 Å². The minimum absolute atomic E-state index is 0.0121. The molecule has 1 fully saturated rings. The standard InChI is InChI=1S/C53H53BN2S/c1-32-27-39-40-30-35(51(5,6)7)31-41-47(40)56(53(9)26-16-15-25-52(41,53)8)54-42-23-22-37-36-19-13-14-20-45(36)57-49(37)48(42)55(44(28-32)46(39)54)43-24-21-34(50(2,3)4)29-38(43)33-17-11-10-12-18-33/h10-14,17-24,27-31H,15-16,25-26H2,1-9H3. The molecule has 4 heteroatoms. The lowest BCUT2D eigenvalue weighted by molar-refractivity contribution is 0.199. The molecular weight excluding hydrogens is 707 g/mol. The molecule has 0 saturated heterocycles. The van der Waals surface area contributed by atoms with Gasteiger partial charge < -0.3 is 9.71 Å². The normalized spacial score (nSPS) is 20.8. The third kappa shape index (κ3) is 4.71. The fourth-order valence-corrected chi connectivity index (χ4v) is 12.7. The Hall–Kier alpha value is -4.80. The number of hydrogen-bond donors (Lipinski definition) is 0. The SMILES string of the molecule is Cc1cc2c3c(c1)N(c1ccc(C(C)(C)C)cc1-c1ccccc1)c1c(ccc4c1sc1ccccc14)B3N1c3c-2cc(C(C)(C)C)cc3C2(C)CCCCC12C. The van der Waals surface area contributed by atoms with Crippen LogP contribution >= 0.6 is 11.3 Å². The number of hydrogen-bond acceptors (Lipinski definition) is 3. The molecule has 0 amide bonds. The first-order chi connectivity index (χ1) is 27.2. The number of benzene rings is 6. The molecule has 1 aromatic heterocycles. The zero-order chi connectivity index (χ0) is 39.4. The Morgan fingerprint density at radius 2 is 1.35 bits per heavy atom. The highest BCUT2D eigenvalue weighted by Gasteiger charge is 2.63. The molecule has 57 heavy (non-hydrogen) atoms. The van der Waals surface area contributed by atoms with Gasteiger partial charge in [-0.05, 0) is 112 Å². The van der Waals surface area contributed by atoms with Crippen molar-refractivity contribution in [3.05, 3.63) is 131 Å². The van der Waals surface area contributed by atoms with Crippen molar-refractivity contribution in [2.45, 2.75) is 110 Å². The Kier molecular flexibility index (Phi) is 7.24. The molecule has 6 aromatic carbocycles. The summed E-state index contributed by atoms with van der Waals surface area (Å²) in [5.74, 6) is 0. The topological polar surface area (TPSA) is 6.48 Å². The minimum Gasteiger partial charge on any atom is -0.400 e. The van der Waals surface area contributed by atoms with E-state index in [4.69, 9.17) is 0 Å². The van der Waals surface area contributed by atoms with Crippen LogP contribution in [-0.2, 0) is 16.2 Å². The van der Waals surface area contributed by atoms with Crippen LogP contribution in [0.25, 0.3) is 42.4 Å². The lowest BCUT2D eigenvalue weighted by Crippen LogP contribution is -2.70. The van der Waals surface area contributed by atoms with Crippen molar-refractivity contribution in [2.75, 3.05) is 9.71 Å². The van der Waals surface area contributed by atoms with Gasteiger partial charge in [0.1, 0.15) is 0 Å². The Bertz CT molecular complexity index is 2840. The first-order valence-corrected chi connectivity index (χ1v) is 22.1. The minimum atomic E-state index is -0.0263. The molecule has 4 aliphatic rings. The molecule has 2 unspecified atom stereocenters. The number of rotatable bonds is 2. The molecule has 0 bridgehead atoms. The molecule has 3 aliphatic heterocycles. The predicted molar refractivity (Wildman–Crippen MR) is 249 cm³/mol. The van der Waals surface area contributed by atoms with Crippen LogP contribution in [0.5, 0.6) is 0 Å². The van der Waals surface area contributed by atoms with E-state index in [-0.39, 0.29) is 28.6 Å². The number of aryl methyl sites for hydroxylation is 1. The van der Waals surface area contributed by atoms with E-state index in [1.165, 1.54) is 118 Å². The molecule has 7 aromatic rings. The van der Waals surface area contributed by atoms with E-state index in [2.05, 4.69) is 181 Å². The maximum atomic E-state index is 2.99. The molecule has 2 atom stereocenters. The van der Waals surface area contributed by atoms with E-state index in [0.717, 1.165) is 0 Å². The molecule has 2 nitrogen and oxygen atoms in total. The van der Waals surface area contributed by atoms with E-state index in [9.17, 15) is 0 Å². The zero-order valence-corrected chi connectivity index (χ0v) is 35.9. The Morgan fingerprint density at radius 3 is 2.12 bits per heavy atom. The Labute approximate surface area is 343 Å². The van der Waals surface area contributed by atoms with Crippen LogP contribution in [0.4, 0.5) is 22.7 Å². The van der Waals surface area contributed by atoms with Gasteiger partial charge in [0.15, 0.2) is 0 Å². The van der Waals surface area contributed by atoms with Gasteiger partial charge in [-0.1, -0.05) is 140 Å². The average Bonchev–Trinajstić information content (AvgIpc) is 3.66. The molecule has 1 saturated carbocycles. The van der Waals surface area contributed by atoms with Crippen molar-refractivity contribution < 1.29 is 0 Å². The summed E-state index contributed by atoms with van der Waals surface area (Å²) in [5.41, 5.74) is 19.5. The average molecular weight is 761 g/mol. The maximum Gasteiger partial charge on any atom is 0.328 e. The second-order valence-electron chi connectivity index (χ2n) is 20.2. The van der Waals surface area contributed by atoms with Gasteiger partial charge in [-0.25, -0.2) is 0 Å². The van der Waals surface area contributed by atoms with Crippen LogP contribution in [0.15, 0.2) is 109 Å². The highest BCUT2D eigenvalue weighted by atomic mass is 32.1. The first-order valence-electron chi connectivity index (χ1n) is 21.3. The summed E-state index contributed by atoms with van der Waals surface area (Å²) in [4.78, 5) is 5.70. The van der Waals surface area contributed by atoms with Crippen molar-refractivity contribution in [1.82, 2.24) is 0 Å². The van der Waals surface area contributed by atoms with E-state index in [0.29, 0.717) is 0 Å². The number of anilines is 4. The zero-order valence-electron chi connectivity index (χ0n) is 35.1. The van der Waals surface area contributed by atoms with Gasteiger partial charge >= 0.3 is 6.85 Å². The van der Waals surface area contributed by atoms with Crippen LogP contribution in [0, 0.1) is 6.92 Å². The van der Waals surface area contributed by atoms with Gasteiger partial charge in [-0.3, -0.25) is 0 Å². The second-order valence-corrected chi connectivity index (χ2v) is 21.2. The van der Waals surface area contributed by atoms with Crippen LogP contribution < -0.4 is 20.6 Å². The third-order valence-corrected chi connectivity index (χ3v) is 15.9. The van der Waals surface area contributed by atoms with Crippen molar-refractivity contribution in [3.8, 4) is 22.3 Å². The number of thiophene rings is 1. The first kappa shape index (κ1) is 35.4. The fraction of sp³-hybridized carbons (Fsp3) is 0.321. The fourth-order valence-electron chi connectivity index (χ4n) is 11.5. The van der Waals surface area contributed by atoms with E-state index >= 15 is 0 Å². The monoisotopic (exact) mass is 760 g/mol. The highest BCUT2D eigenvalue weighted by Crippen LogP contribution is 2.64. The van der Waals surface area contributed by atoms with Gasteiger partial charge in [-0.15, -0.1) is 11.3 Å². The van der Waals surface area contributed by atoms with Gasteiger partial charge in [-0.2, -0.15) is 0 Å². The number of nitrogens with zero attached hydrogens (tertiary/aromatic N) is 2. The maximum absolute atomic E-state index is 2.99. The smallest absolute Gasteiger partial charge is 0.328 e. The van der Waals surface area contributed by atoms with Crippen molar-refractivity contribution >= 4 is 72.0 Å². The summed E-state index contributed by atoms with van der Waals surface area (Å²) in [7, 11) is 0. The molecule has 0 radical (unpaired) electrons. The molecule has 0 N–H and O–H groups in total. The molecule has 1 aliphatic carbocycles. The molecule has 11 rings (SSSR count). The summed E-state index contributed by atoms with van der Waals surface area (Å²) in [6.45, 7) is 21.9. The van der Waals surface area contributed by atoms with Gasteiger partial charge in [0.2, 0.25) is 0 Å². The van der Waals surface area contributed by atoms with Gasteiger partial charge in [0.05, 0.1) is 16.1 Å². The van der Waals surface area contributed by atoms with Crippen molar-refractivity contribution in [1.29, 1.82) is 0 Å². The largest absolute Gasteiger partial charge is 0.400 e. The molecule has 284 valence electrons. The van der Waals surface area contributed by atoms with Gasteiger partial charge in [0.25, 0.3) is 0 Å². The number of fused-ring (bicyclic) bond motifs is 11. The molecule has 4 heterocycles. The lowest BCUT2D eigenvalue weighted by atomic mass is 9.42.